The van der Waals surface area contributed by atoms with E-state index in [-0.39, 0.29) is 41.5 Å². The van der Waals surface area contributed by atoms with E-state index < -0.39 is 33.4 Å². The van der Waals surface area contributed by atoms with E-state index in [1.165, 1.54) is 31.2 Å². The lowest BCUT2D eigenvalue weighted by Crippen LogP contribution is -2.27. The predicted octanol–water partition coefficient (Wildman–Crippen LogP) is 2.53. The fraction of sp³-hybridized carbons (Fsp3) is 0.375. The third kappa shape index (κ3) is 10.5. The summed E-state index contributed by atoms with van der Waals surface area (Å²) in [5.41, 5.74) is 5.21. The molecule has 0 amide bonds. The van der Waals surface area contributed by atoms with E-state index in [4.69, 9.17) is 29.8 Å². The summed E-state index contributed by atoms with van der Waals surface area (Å²) in [6, 6.07) is 6.81. The van der Waals surface area contributed by atoms with Gasteiger partial charge in [-0.15, -0.1) is 0 Å². The fourth-order valence-electron chi connectivity index (χ4n) is 2.83. The molecular weight excluding hydrogens is 514 g/mol. The molecular formula is C24H30F2N2O8S. The molecule has 2 aromatic carbocycles. The van der Waals surface area contributed by atoms with Gasteiger partial charge in [0.25, 0.3) is 0 Å². The normalized spacial score (nSPS) is 12.1. The molecule has 0 bridgehead atoms. The van der Waals surface area contributed by atoms with Gasteiger partial charge in [-0.05, 0) is 55.0 Å². The topological polar surface area (TPSA) is 146 Å². The summed E-state index contributed by atoms with van der Waals surface area (Å²) >= 11 is 0. The molecule has 37 heavy (non-hydrogen) atoms. The second kappa shape index (κ2) is 15.3. The minimum Gasteiger partial charge on any atom is -0.478 e. The van der Waals surface area contributed by atoms with Crippen LogP contribution in [-0.4, -0.2) is 72.2 Å². The average molecular weight is 545 g/mol. The van der Waals surface area contributed by atoms with Gasteiger partial charge in [0.2, 0.25) is 10.0 Å². The van der Waals surface area contributed by atoms with Crippen molar-refractivity contribution in [1.82, 2.24) is 4.72 Å². The Morgan fingerprint density at radius 3 is 2.05 bits per heavy atom. The molecule has 2 rings (SSSR count). The molecule has 0 aromatic heterocycles. The van der Waals surface area contributed by atoms with E-state index in [2.05, 4.69) is 4.72 Å². The zero-order valence-electron chi connectivity index (χ0n) is 20.2. The van der Waals surface area contributed by atoms with Crippen molar-refractivity contribution in [2.45, 2.75) is 11.8 Å². The third-order valence-electron chi connectivity index (χ3n) is 4.64. The lowest BCUT2D eigenvalue weighted by molar-refractivity contribution is -0.132. The minimum absolute atomic E-state index is 0.00137. The molecule has 2 aromatic rings. The van der Waals surface area contributed by atoms with Crippen LogP contribution in [0.2, 0.25) is 0 Å². The number of sulfonamides is 1. The zero-order chi connectivity index (χ0) is 27.3. The van der Waals surface area contributed by atoms with Crippen molar-refractivity contribution in [2.75, 3.05) is 52.7 Å². The first kappa shape index (κ1) is 30.3. The number of nitrogens with two attached hydrogens (primary N) is 1. The monoisotopic (exact) mass is 544 g/mol. The Morgan fingerprint density at radius 2 is 1.51 bits per heavy atom. The second-order valence-electron chi connectivity index (χ2n) is 7.54. The SMILES string of the molecule is CC(=Cc1cc(F)c(Oc2ccc(S(=O)(=O)NCCOCCOCCOCCN)cc2)c(F)c1)C(=O)O. The van der Waals surface area contributed by atoms with Gasteiger partial charge in [0.15, 0.2) is 17.4 Å². The number of hydrogen-bond donors (Lipinski definition) is 3. The second-order valence-corrected chi connectivity index (χ2v) is 9.31. The zero-order valence-corrected chi connectivity index (χ0v) is 21.1. The van der Waals surface area contributed by atoms with Crippen LogP contribution in [0.4, 0.5) is 8.78 Å². The van der Waals surface area contributed by atoms with E-state index in [0.717, 1.165) is 18.2 Å². The molecule has 0 heterocycles. The van der Waals surface area contributed by atoms with Crippen molar-refractivity contribution in [3.8, 4) is 11.5 Å². The van der Waals surface area contributed by atoms with Crippen molar-refractivity contribution >= 4 is 22.1 Å². The fourth-order valence-corrected chi connectivity index (χ4v) is 3.85. The number of carboxylic acid groups (broad SMARTS) is 1. The van der Waals surface area contributed by atoms with Crippen LogP contribution in [0.25, 0.3) is 6.08 Å². The van der Waals surface area contributed by atoms with E-state index in [0.29, 0.717) is 33.0 Å². The quantitative estimate of drug-likeness (QED) is 0.202. The molecule has 0 unspecified atom stereocenters. The Balaban J connectivity index is 1.83. The number of benzene rings is 2. The maximum Gasteiger partial charge on any atom is 0.331 e. The largest absolute Gasteiger partial charge is 0.478 e. The van der Waals surface area contributed by atoms with Gasteiger partial charge in [-0.3, -0.25) is 0 Å². The molecule has 0 aliphatic carbocycles. The van der Waals surface area contributed by atoms with Crippen LogP contribution in [0.1, 0.15) is 12.5 Å². The van der Waals surface area contributed by atoms with E-state index in [9.17, 15) is 22.0 Å². The Labute approximate surface area is 214 Å². The van der Waals surface area contributed by atoms with Gasteiger partial charge in [0.05, 0.1) is 44.5 Å². The van der Waals surface area contributed by atoms with Gasteiger partial charge in [-0.1, -0.05) is 0 Å². The summed E-state index contributed by atoms with van der Waals surface area (Å²) in [7, 11) is -3.85. The number of aliphatic carboxylic acids is 1. The van der Waals surface area contributed by atoms with Gasteiger partial charge >= 0.3 is 5.97 Å². The van der Waals surface area contributed by atoms with Crippen molar-refractivity contribution in [2.24, 2.45) is 5.73 Å². The molecule has 0 fully saturated rings. The lowest BCUT2D eigenvalue weighted by atomic mass is 10.1. The Bertz CT molecular complexity index is 1130. The van der Waals surface area contributed by atoms with Gasteiger partial charge in [0.1, 0.15) is 5.75 Å². The maximum atomic E-state index is 14.4. The third-order valence-corrected chi connectivity index (χ3v) is 6.12. The molecule has 0 aliphatic rings. The number of carboxylic acids is 1. The number of halogens is 2. The first-order valence-electron chi connectivity index (χ1n) is 11.3. The van der Waals surface area contributed by atoms with Crippen molar-refractivity contribution in [3.63, 3.8) is 0 Å². The summed E-state index contributed by atoms with van der Waals surface area (Å²) in [6.07, 6.45) is 1.12. The average Bonchev–Trinajstić information content (AvgIpc) is 2.85. The van der Waals surface area contributed by atoms with Gasteiger partial charge in [-0.2, -0.15) is 0 Å². The highest BCUT2D eigenvalue weighted by molar-refractivity contribution is 7.89. The molecule has 10 nitrogen and oxygen atoms in total. The first-order valence-corrected chi connectivity index (χ1v) is 12.7. The van der Waals surface area contributed by atoms with Crippen molar-refractivity contribution in [1.29, 1.82) is 0 Å². The summed E-state index contributed by atoms with van der Waals surface area (Å²) in [4.78, 5) is 10.8. The van der Waals surface area contributed by atoms with Crippen LogP contribution in [0.15, 0.2) is 46.9 Å². The highest BCUT2D eigenvalue weighted by Gasteiger charge is 2.16. The lowest BCUT2D eigenvalue weighted by Gasteiger charge is -2.11. The molecule has 0 radical (unpaired) electrons. The van der Waals surface area contributed by atoms with Crippen LogP contribution in [0.5, 0.6) is 11.5 Å². The maximum absolute atomic E-state index is 14.4. The molecule has 0 saturated carbocycles. The first-order chi connectivity index (χ1) is 17.6. The van der Waals surface area contributed by atoms with Crippen LogP contribution in [0.3, 0.4) is 0 Å². The van der Waals surface area contributed by atoms with E-state index >= 15 is 0 Å². The Kier molecular flexibility index (Phi) is 12.6. The van der Waals surface area contributed by atoms with E-state index in [1.54, 1.807) is 0 Å². The van der Waals surface area contributed by atoms with Gasteiger partial charge in [0, 0.05) is 18.7 Å². The highest BCUT2D eigenvalue weighted by atomic mass is 32.2. The molecule has 4 N–H and O–H groups in total. The van der Waals surface area contributed by atoms with Crippen LogP contribution >= 0.6 is 0 Å². The van der Waals surface area contributed by atoms with Gasteiger partial charge in [-0.25, -0.2) is 26.7 Å². The minimum atomic E-state index is -3.85. The van der Waals surface area contributed by atoms with E-state index in [1.807, 2.05) is 0 Å². The molecule has 0 atom stereocenters. The predicted molar refractivity (Wildman–Crippen MR) is 131 cm³/mol. The van der Waals surface area contributed by atoms with Crippen LogP contribution in [-0.2, 0) is 29.0 Å². The molecule has 0 saturated heterocycles. The van der Waals surface area contributed by atoms with Crippen LogP contribution < -0.4 is 15.2 Å². The standard InChI is InChI=1S/C24H30F2N2O8S/c1-17(24(29)30)14-18-15-21(25)23(22(26)16-18)36-19-2-4-20(5-3-19)37(31,32)28-7-9-34-11-13-35-12-10-33-8-6-27/h2-5,14-16,28H,6-13,27H2,1H3,(H,29,30). The Hall–Kier alpha value is -2.94. The van der Waals surface area contributed by atoms with Gasteiger partial charge < -0.3 is 29.8 Å². The summed E-state index contributed by atoms with van der Waals surface area (Å²) in [5, 5.41) is 8.89. The Morgan fingerprint density at radius 1 is 0.973 bits per heavy atom. The molecule has 0 spiro atoms. The van der Waals surface area contributed by atoms with Crippen molar-refractivity contribution < 1.29 is 46.0 Å². The smallest absolute Gasteiger partial charge is 0.331 e. The number of carbonyl (C=O) groups is 1. The van der Waals surface area contributed by atoms with Crippen LogP contribution in [0, 0.1) is 11.6 Å². The highest BCUT2D eigenvalue weighted by Crippen LogP contribution is 2.30. The van der Waals surface area contributed by atoms with Crippen molar-refractivity contribution in [3.05, 3.63) is 59.2 Å². The number of hydrogen-bond acceptors (Lipinski definition) is 8. The summed E-state index contributed by atoms with van der Waals surface area (Å²) in [6.45, 7) is 3.82. The summed E-state index contributed by atoms with van der Waals surface area (Å²) < 4.78 is 77.0. The molecule has 204 valence electrons. The molecule has 13 heteroatoms. The number of nitrogens with one attached hydrogen (secondary N) is 1. The number of rotatable bonds is 17. The number of ether oxygens (including phenoxy) is 4. The summed E-state index contributed by atoms with van der Waals surface area (Å²) in [5.74, 6) is -4.02. The molecule has 0 aliphatic heterocycles.